The van der Waals surface area contributed by atoms with Crippen LogP contribution in [0.15, 0.2) is 18.2 Å². The van der Waals surface area contributed by atoms with E-state index in [4.69, 9.17) is 4.74 Å². The van der Waals surface area contributed by atoms with Crippen molar-refractivity contribution in [2.24, 2.45) is 11.3 Å². The number of rotatable bonds is 3. The molecule has 4 heteroatoms. The zero-order valence-electron chi connectivity index (χ0n) is 13.9. The molecule has 1 spiro atoms. The third-order valence-electron chi connectivity index (χ3n) is 5.96. The van der Waals surface area contributed by atoms with Gasteiger partial charge >= 0.3 is 0 Å². The second kappa shape index (κ2) is 5.82. The third-order valence-corrected chi connectivity index (χ3v) is 5.96. The first-order chi connectivity index (χ1) is 11.2. The molecule has 4 nitrogen and oxygen atoms in total. The minimum Gasteiger partial charge on any atom is -0.493 e. The molecule has 124 valence electrons. The molecule has 2 atom stereocenters. The summed E-state index contributed by atoms with van der Waals surface area (Å²) in [6.45, 7) is 4.95. The van der Waals surface area contributed by atoms with Crippen molar-refractivity contribution in [1.29, 1.82) is 0 Å². The summed E-state index contributed by atoms with van der Waals surface area (Å²) in [5, 5.41) is 6.72. The van der Waals surface area contributed by atoms with Crippen LogP contribution in [0.1, 0.15) is 49.8 Å². The molecule has 23 heavy (non-hydrogen) atoms. The molecule has 1 saturated carbocycles. The SMILES string of the molecule is CCc1cccc2c1OCCC2NC(=O)C1CC12CCNCC2. The van der Waals surface area contributed by atoms with E-state index in [0.29, 0.717) is 12.0 Å². The predicted molar refractivity (Wildman–Crippen MR) is 89.5 cm³/mol. The van der Waals surface area contributed by atoms with Gasteiger partial charge in [-0.25, -0.2) is 0 Å². The van der Waals surface area contributed by atoms with E-state index in [1.807, 2.05) is 0 Å². The molecule has 2 heterocycles. The molecule has 1 amide bonds. The first kappa shape index (κ1) is 15.0. The standard InChI is InChI=1S/C19H26N2O2/c1-2-13-4-3-5-14-16(6-11-23-17(13)14)21-18(22)15-12-19(15)7-9-20-10-8-19/h3-5,15-16,20H,2,6-12H2,1H3,(H,21,22). The zero-order valence-corrected chi connectivity index (χ0v) is 13.9. The Morgan fingerprint density at radius 2 is 2.22 bits per heavy atom. The summed E-state index contributed by atoms with van der Waals surface area (Å²) < 4.78 is 5.88. The van der Waals surface area contributed by atoms with E-state index in [2.05, 4.69) is 35.8 Å². The highest BCUT2D eigenvalue weighted by Crippen LogP contribution is 2.58. The lowest BCUT2D eigenvalue weighted by Crippen LogP contribution is -2.36. The lowest BCUT2D eigenvalue weighted by Gasteiger charge is -2.29. The molecule has 2 N–H and O–H groups in total. The zero-order chi connectivity index (χ0) is 15.9. The lowest BCUT2D eigenvalue weighted by molar-refractivity contribution is -0.124. The smallest absolute Gasteiger partial charge is 0.224 e. The summed E-state index contributed by atoms with van der Waals surface area (Å²) in [7, 11) is 0. The van der Waals surface area contributed by atoms with Crippen LogP contribution in [0.25, 0.3) is 0 Å². The summed E-state index contributed by atoms with van der Waals surface area (Å²) in [4.78, 5) is 12.7. The molecule has 3 aliphatic rings. The number of amides is 1. The molecule has 2 aliphatic heterocycles. The van der Waals surface area contributed by atoms with Gasteiger partial charge in [0.2, 0.25) is 5.91 Å². The van der Waals surface area contributed by atoms with Gasteiger partial charge in [-0.3, -0.25) is 4.79 Å². The summed E-state index contributed by atoms with van der Waals surface area (Å²) in [6, 6.07) is 6.41. The Kier molecular flexibility index (Phi) is 3.80. The van der Waals surface area contributed by atoms with Crippen molar-refractivity contribution in [3.63, 3.8) is 0 Å². The molecular formula is C19H26N2O2. The summed E-state index contributed by atoms with van der Waals surface area (Å²) in [5.41, 5.74) is 2.70. The van der Waals surface area contributed by atoms with Crippen LogP contribution in [0.2, 0.25) is 0 Å². The predicted octanol–water partition coefficient (Wildman–Crippen LogP) is 2.58. The summed E-state index contributed by atoms with van der Waals surface area (Å²) in [5.74, 6) is 1.48. The van der Waals surface area contributed by atoms with Gasteiger partial charge in [0.1, 0.15) is 5.75 Å². The fraction of sp³-hybridized carbons (Fsp3) is 0.632. The first-order valence-electron chi connectivity index (χ1n) is 8.99. The molecule has 0 bridgehead atoms. The van der Waals surface area contributed by atoms with Gasteiger partial charge in [-0.1, -0.05) is 25.1 Å². The number of carbonyl (C=O) groups is 1. The van der Waals surface area contributed by atoms with Crippen LogP contribution >= 0.6 is 0 Å². The highest BCUT2D eigenvalue weighted by atomic mass is 16.5. The number of benzene rings is 1. The van der Waals surface area contributed by atoms with Crippen LogP contribution in [0.3, 0.4) is 0 Å². The molecule has 1 aromatic rings. The molecule has 0 radical (unpaired) electrons. The molecule has 1 saturated heterocycles. The van der Waals surface area contributed by atoms with Crippen molar-refractivity contribution >= 4 is 5.91 Å². The maximum atomic E-state index is 12.7. The Bertz CT molecular complexity index is 607. The minimum atomic E-state index is 0.108. The van der Waals surface area contributed by atoms with Crippen molar-refractivity contribution < 1.29 is 9.53 Å². The first-order valence-corrected chi connectivity index (χ1v) is 8.99. The molecule has 2 fully saturated rings. The largest absolute Gasteiger partial charge is 0.493 e. The van der Waals surface area contributed by atoms with Crippen LogP contribution < -0.4 is 15.4 Å². The van der Waals surface area contributed by atoms with Gasteiger partial charge in [-0.2, -0.15) is 0 Å². The fourth-order valence-corrected chi connectivity index (χ4v) is 4.39. The number of para-hydroxylation sites is 1. The Morgan fingerprint density at radius 1 is 1.39 bits per heavy atom. The quantitative estimate of drug-likeness (QED) is 0.901. The molecule has 2 unspecified atom stereocenters. The van der Waals surface area contributed by atoms with Gasteiger partial charge in [0.15, 0.2) is 0 Å². The Balaban J connectivity index is 1.47. The molecule has 0 aromatic heterocycles. The van der Waals surface area contributed by atoms with Crippen LogP contribution in [0, 0.1) is 11.3 Å². The fourth-order valence-electron chi connectivity index (χ4n) is 4.39. The second-order valence-electron chi connectivity index (χ2n) is 7.26. The third kappa shape index (κ3) is 2.63. The van der Waals surface area contributed by atoms with Crippen molar-refractivity contribution in [3.8, 4) is 5.75 Å². The van der Waals surface area contributed by atoms with E-state index < -0.39 is 0 Å². The molecule has 1 aliphatic carbocycles. The topological polar surface area (TPSA) is 50.4 Å². The monoisotopic (exact) mass is 314 g/mol. The van der Waals surface area contributed by atoms with Gasteiger partial charge in [0.05, 0.1) is 12.6 Å². The van der Waals surface area contributed by atoms with Gasteiger partial charge in [0.25, 0.3) is 0 Å². The lowest BCUT2D eigenvalue weighted by atomic mass is 9.91. The van der Waals surface area contributed by atoms with E-state index in [9.17, 15) is 4.79 Å². The molecule has 4 rings (SSSR count). The van der Waals surface area contributed by atoms with Crippen LogP contribution in [0.4, 0.5) is 0 Å². The average molecular weight is 314 g/mol. The van der Waals surface area contributed by atoms with Gasteiger partial charge < -0.3 is 15.4 Å². The van der Waals surface area contributed by atoms with Gasteiger partial charge in [-0.05, 0) is 49.8 Å². The number of fused-ring (bicyclic) bond motifs is 1. The normalized spacial score (nSPS) is 27.9. The maximum Gasteiger partial charge on any atom is 0.224 e. The van der Waals surface area contributed by atoms with Crippen LogP contribution in [-0.2, 0) is 11.2 Å². The Hall–Kier alpha value is -1.55. The maximum absolute atomic E-state index is 12.7. The van der Waals surface area contributed by atoms with Crippen molar-refractivity contribution in [2.75, 3.05) is 19.7 Å². The van der Waals surface area contributed by atoms with E-state index in [1.54, 1.807) is 0 Å². The number of ether oxygens (including phenoxy) is 1. The number of hydrogen-bond donors (Lipinski definition) is 2. The highest BCUT2D eigenvalue weighted by molar-refractivity contribution is 5.83. The van der Waals surface area contributed by atoms with Crippen molar-refractivity contribution in [3.05, 3.63) is 29.3 Å². The van der Waals surface area contributed by atoms with Gasteiger partial charge in [-0.15, -0.1) is 0 Å². The van der Waals surface area contributed by atoms with Crippen molar-refractivity contribution in [2.45, 2.75) is 45.1 Å². The Morgan fingerprint density at radius 3 is 3.00 bits per heavy atom. The summed E-state index contributed by atoms with van der Waals surface area (Å²) in [6.07, 6.45) is 5.20. The molecule has 1 aromatic carbocycles. The molecular weight excluding hydrogens is 288 g/mol. The van der Waals surface area contributed by atoms with E-state index >= 15 is 0 Å². The van der Waals surface area contributed by atoms with Gasteiger partial charge in [0, 0.05) is 17.9 Å². The Labute approximate surface area is 138 Å². The number of hydrogen-bond acceptors (Lipinski definition) is 3. The van der Waals surface area contributed by atoms with E-state index in [-0.39, 0.29) is 17.9 Å². The number of aryl methyl sites for hydroxylation is 1. The van der Waals surface area contributed by atoms with E-state index in [0.717, 1.165) is 56.5 Å². The average Bonchev–Trinajstić information content (AvgIpc) is 3.28. The number of carbonyl (C=O) groups excluding carboxylic acids is 1. The number of nitrogens with one attached hydrogen (secondary N) is 2. The van der Waals surface area contributed by atoms with E-state index in [1.165, 1.54) is 5.56 Å². The van der Waals surface area contributed by atoms with Crippen LogP contribution in [-0.4, -0.2) is 25.6 Å². The number of piperidine rings is 1. The van der Waals surface area contributed by atoms with Crippen LogP contribution in [0.5, 0.6) is 5.75 Å². The van der Waals surface area contributed by atoms with Crippen molar-refractivity contribution in [1.82, 2.24) is 10.6 Å². The minimum absolute atomic E-state index is 0.108. The second-order valence-corrected chi connectivity index (χ2v) is 7.26. The highest BCUT2D eigenvalue weighted by Gasteiger charge is 2.57. The summed E-state index contributed by atoms with van der Waals surface area (Å²) >= 11 is 0.